The molecule has 0 amide bonds. The Morgan fingerprint density at radius 1 is 1.11 bits per heavy atom. The topological polar surface area (TPSA) is 0 Å². The average Bonchev–Trinajstić information content (AvgIpc) is 2.41. The SMILES string of the molecule is C#CC(C1CCCCC1)[Si](C)(C)c1ccccc1. The van der Waals surface area contributed by atoms with Gasteiger partial charge in [-0.2, -0.15) is 0 Å². The van der Waals surface area contributed by atoms with Gasteiger partial charge < -0.3 is 0 Å². The van der Waals surface area contributed by atoms with Crippen LogP contribution in [0.3, 0.4) is 0 Å². The van der Waals surface area contributed by atoms with Gasteiger partial charge in [-0.3, -0.25) is 0 Å². The van der Waals surface area contributed by atoms with Gasteiger partial charge in [0.05, 0.1) is 8.07 Å². The van der Waals surface area contributed by atoms with E-state index in [9.17, 15) is 0 Å². The Balaban J connectivity index is 2.23. The molecule has 18 heavy (non-hydrogen) atoms. The van der Waals surface area contributed by atoms with Crippen molar-refractivity contribution in [3.63, 3.8) is 0 Å². The summed E-state index contributed by atoms with van der Waals surface area (Å²) in [4.78, 5) is 0. The second-order valence-electron chi connectivity index (χ2n) is 6.13. The van der Waals surface area contributed by atoms with Crippen molar-refractivity contribution in [3.8, 4) is 12.3 Å². The van der Waals surface area contributed by atoms with Crippen LogP contribution in [-0.2, 0) is 0 Å². The lowest BCUT2D eigenvalue weighted by molar-refractivity contribution is 0.361. The average molecular weight is 256 g/mol. The maximum absolute atomic E-state index is 5.91. The van der Waals surface area contributed by atoms with Crippen molar-refractivity contribution in [2.75, 3.05) is 0 Å². The Hall–Kier alpha value is -1.00. The second kappa shape index (κ2) is 5.76. The number of benzene rings is 1. The van der Waals surface area contributed by atoms with E-state index >= 15 is 0 Å². The molecular formula is C17H24Si. The minimum atomic E-state index is -1.53. The fourth-order valence-corrected chi connectivity index (χ4v) is 6.79. The van der Waals surface area contributed by atoms with Gasteiger partial charge in [0.15, 0.2) is 0 Å². The quantitative estimate of drug-likeness (QED) is 0.562. The molecule has 1 heteroatoms. The van der Waals surface area contributed by atoms with E-state index in [1.807, 2.05) is 0 Å². The Morgan fingerprint density at radius 2 is 1.72 bits per heavy atom. The summed E-state index contributed by atoms with van der Waals surface area (Å²) in [6.45, 7) is 4.89. The maximum Gasteiger partial charge on any atom is 0.0965 e. The predicted molar refractivity (Wildman–Crippen MR) is 82.7 cm³/mol. The van der Waals surface area contributed by atoms with E-state index in [1.54, 1.807) is 0 Å². The molecule has 1 aliphatic carbocycles. The van der Waals surface area contributed by atoms with Crippen LogP contribution >= 0.6 is 0 Å². The number of hydrogen-bond donors (Lipinski definition) is 0. The zero-order chi connectivity index (χ0) is 13.0. The molecule has 0 aliphatic heterocycles. The first-order chi connectivity index (χ1) is 8.66. The predicted octanol–water partition coefficient (Wildman–Crippen LogP) is 4.19. The third-order valence-corrected chi connectivity index (χ3v) is 8.61. The lowest BCUT2D eigenvalue weighted by Gasteiger charge is -2.37. The third kappa shape index (κ3) is 2.70. The van der Waals surface area contributed by atoms with Gasteiger partial charge in [-0.25, -0.2) is 0 Å². The number of terminal acetylenes is 1. The first-order valence-electron chi connectivity index (χ1n) is 7.18. The minimum Gasteiger partial charge on any atom is -0.120 e. The van der Waals surface area contributed by atoms with E-state index in [4.69, 9.17) is 6.42 Å². The summed E-state index contributed by atoms with van der Waals surface area (Å²) in [6.07, 6.45) is 12.8. The van der Waals surface area contributed by atoms with Crippen molar-refractivity contribution in [3.05, 3.63) is 30.3 Å². The van der Waals surface area contributed by atoms with Crippen LogP contribution in [0.2, 0.25) is 18.6 Å². The molecule has 96 valence electrons. The molecule has 0 heterocycles. The molecule has 1 fully saturated rings. The Bertz CT molecular complexity index is 407. The molecule has 1 saturated carbocycles. The van der Waals surface area contributed by atoms with E-state index in [0.717, 1.165) is 5.92 Å². The zero-order valence-corrected chi connectivity index (χ0v) is 12.7. The lowest BCUT2D eigenvalue weighted by atomic mass is 9.87. The van der Waals surface area contributed by atoms with Gasteiger partial charge in [-0.05, 0) is 18.8 Å². The van der Waals surface area contributed by atoms with Crippen LogP contribution in [0.4, 0.5) is 0 Å². The maximum atomic E-state index is 5.91. The highest BCUT2D eigenvalue weighted by atomic mass is 28.3. The summed E-state index contributed by atoms with van der Waals surface area (Å²) in [6, 6.07) is 11.0. The van der Waals surface area contributed by atoms with Crippen molar-refractivity contribution in [1.29, 1.82) is 0 Å². The second-order valence-corrected chi connectivity index (χ2v) is 10.8. The van der Waals surface area contributed by atoms with Crippen molar-refractivity contribution < 1.29 is 0 Å². The Kier molecular flexibility index (Phi) is 4.30. The number of rotatable bonds is 3. The zero-order valence-electron chi connectivity index (χ0n) is 11.7. The summed E-state index contributed by atoms with van der Waals surface area (Å²) in [7, 11) is -1.53. The normalized spacial score (nSPS) is 19.2. The van der Waals surface area contributed by atoms with Gasteiger partial charge in [0.1, 0.15) is 0 Å². The molecule has 0 nitrogen and oxygen atoms in total. The first-order valence-corrected chi connectivity index (χ1v) is 10.3. The third-order valence-electron chi connectivity index (χ3n) is 4.60. The monoisotopic (exact) mass is 256 g/mol. The van der Waals surface area contributed by atoms with Gasteiger partial charge in [-0.1, -0.05) is 67.9 Å². The molecule has 1 aliphatic rings. The molecule has 2 rings (SSSR count). The molecular weight excluding hydrogens is 232 g/mol. The molecule has 0 bridgehead atoms. The van der Waals surface area contributed by atoms with Crippen molar-refractivity contribution in [1.82, 2.24) is 0 Å². The summed E-state index contributed by atoms with van der Waals surface area (Å²) >= 11 is 0. The number of hydrogen-bond acceptors (Lipinski definition) is 0. The summed E-state index contributed by atoms with van der Waals surface area (Å²) < 4.78 is 0. The molecule has 0 radical (unpaired) electrons. The van der Waals surface area contributed by atoms with Gasteiger partial charge in [0, 0.05) is 5.54 Å². The van der Waals surface area contributed by atoms with Crippen LogP contribution in [0.1, 0.15) is 32.1 Å². The summed E-state index contributed by atoms with van der Waals surface area (Å²) in [5, 5.41) is 1.51. The Labute approximate surface area is 113 Å². The fraction of sp³-hybridized carbons (Fsp3) is 0.529. The lowest BCUT2D eigenvalue weighted by Crippen LogP contribution is -2.48. The molecule has 1 atom stereocenters. The highest BCUT2D eigenvalue weighted by Gasteiger charge is 2.37. The van der Waals surface area contributed by atoms with Crippen LogP contribution in [0.5, 0.6) is 0 Å². The highest BCUT2D eigenvalue weighted by Crippen LogP contribution is 2.38. The smallest absolute Gasteiger partial charge is 0.0965 e. The highest BCUT2D eigenvalue weighted by molar-refractivity contribution is 6.91. The molecule has 0 aromatic heterocycles. The molecule has 1 aromatic carbocycles. The first kappa shape index (κ1) is 13.4. The molecule has 0 saturated heterocycles. The summed E-state index contributed by atoms with van der Waals surface area (Å²) in [5.41, 5.74) is 0.500. The van der Waals surface area contributed by atoms with E-state index in [1.165, 1.54) is 37.3 Å². The molecule has 0 N–H and O–H groups in total. The van der Waals surface area contributed by atoms with Gasteiger partial charge >= 0.3 is 0 Å². The largest absolute Gasteiger partial charge is 0.120 e. The van der Waals surface area contributed by atoms with Crippen LogP contribution in [0, 0.1) is 18.3 Å². The van der Waals surface area contributed by atoms with Gasteiger partial charge in [0.2, 0.25) is 0 Å². The van der Waals surface area contributed by atoms with Crippen LogP contribution in [0.25, 0.3) is 0 Å². The van der Waals surface area contributed by atoms with E-state index in [-0.39, 0.29) is 0 Å². The van der Waals surface area contributed by atoms with Crippen molar-refractivity contribution in [2.24, 2.45) is 5.92 Å². The standard InChI is InChI=1S/C17H24Si/c1-4-17(15-11-7-5-8-12-15)18(2,3)16-13-9-6-10-14-16/h1,6,9-10,13-15,17H,5,7-8,11-12H2,2-3H3. The minimum absolute atomic E-state index is 0.500. The molecule has 1 unspecified atom stereocenters. The van der Waals surface area contributed by atoms with Gasteiger partial charge in [-0.15, -0.1) is 12.3 Å². The van der Waals surface area contributed by atoms with Crippen LogP contribution in [0.15, 0.2) is 30.3 Å². The molecule has 0 spiro atoms. The van der Waals surface area contributed by atoms with Crippen LogP contribution < -0.4 is 5.19 Å². The van der Waals surface area contributed by atoms with Crippen molar-refractivity contribution in [2.45, 2.75) is 50.7 Å². The van der Waals surface area contributed by atoms with E-state index < -0.39 is 8.07 Å². The fourth-order valence-electron chi connectivity index (χ4n) is 3.45. The summed E-state index contributed by atoms with van der Waals surface area (Å²) in [5.74, 6) is 3.94. The van der Waals surface area contributed by atoms with Crippen molar-refractivity contribution >= 4 is 13.3 Å². The van der Waals surface area contributed by atoms with E-state index in [0.29, 0.717) is 5.54 Å². The van der Waals surface area contributed by atoms with Crippen LogP contribution in [-0.4, -0.2) is 8.07 Å². The van der Waals surface area contributed by atoms with E-state index in [2.05, 4.69) is 49.3 Å². The molecule has 1 aromatic rings. The Morgan fingerprint density at radius 3 is 2.28 bits per heavy atom. The van der Waals surface area contributed by atoms with Gasteiger partial charge in [0.25, 0.3) is 0 Å².